The molecule has 0 aliphatic rings. The lowest BCUT2D eigenvalue weighted by Gasteiger charge is -2.18. The Labute approximate surface area is 123 Å². The van der Waals surface area contributed by atoms with Gasteiger partial charge >= 0.3 is 0 Å². The van der Waals surface area contributed by atoms with Gasteiger partial charge in [-0.3, -0.25) is 9.59 Å². The van der Waals surface area contributed by atoms with Crippen LogP contribution in [0.2, 0.25) is 5.02 Å². The molecule has 0 radical (unpaired) electrons. The molecule has 0 spiro atoms. The van der Waals surface area contributed by atoms with Gasteiger partial charge in [-0.05, 0) is 38.1 Å². The first-order valence-corrected chi connectivity index (χ1v) is 6.87. The maximum absolute atomic E-state index is 11.7. The molecule has 20 heavy (non-hydrogen) atoms. The summed E-state index contributed by atoms with van der Waals surface area (Å²) in [5, 5.41) is 3.14. The molecule has 0 saturated heterocycles. The molecule has 5 nitrogen and oxygen atoms in total. The van der Waals surface area contributed by atoms with Crippen molar-refractivity contribution in [1.82, 2.24) is 10.2 Å². The third-order valence-electron chi connectivity index (χ3n) is 2.74. The van der Waals surface area contributed by atoms with Gasteiger partial charge in [0.05, 0.1) is 6.54 Å². The van der Waals surface area contributed by atoms with Crippen molar-refractivity contribution >= 4 is 23.4 Å². The number of hydrogen-bond donors (Lipinski definition) is 1. The van der Waals surface area contributed by atoms with E-state index in [4.69, 9.17) is 16.3 Å². The normalized spacial score (nSPS) is 9.95. The van der Waals surface area contributed by atoms with Crippen LogP contribution >= 0.6 is 11.6 Å². The van der Waals surface area contributed by atoms with Crippen LogP contribution in [-0.2, 0) is 9.59 Å². The number of amides is 2. The highest BCUT2D eigenvalue weighted by molar-refractivity contribution is 6.30. The van der Waals surface area contributed by atoms with Crippen molar-refractivity contribution < 1.29 is 14.3 Å². The van der Waals surface area contributed by atoms with Crippen LogP contribution in [0.15, 0.2) is 24.3 Å². The van der Waals surface area contributed by atoms with Gasteiger partial charge in [0.15, 0.2) is 6.61 Å². The molecule has 1 N–H and O–H groups in total. The first kappa shape index (κ1) is 16.3. The Morgan fingerprint density at radius 2 is 1.80 bits per heavy atom. The molecule has 0 unspecified atom stereocenters. The average molecular weight is 299 g/mol. The quantitative estimate of drug-likeness (QED) is 0.833. The summed E-state index contributed by atoms with van der Waals surface area (Å²) < 4.78 is 5.27. The van der Waals surface area contributed by atoms with Crippen LogP contribution in [0.1, 0.15) is 13.8 Å². The minimum atomic E-state index is -0.333. The van der Waals surface area contributed by atoms with Crippen molar-refractivity contribution in [2.45, 2.75) is 13.8 Å². The molecule has 0 aliphatic carbocycles. The van der Waals surface area contributed by atoms with Gasteiger partial charge in [-0.25, -0.2) is 0 Å². The Kier molecular flexibility index (Phi) is 6.87. The highest BCUT2D eigenvalue weighted by Crippen LogP contribution is 2.15. The molecule has 1 aromatic rings. The zero-order valence-corrected chi connectivity index (χ0v) is 12.4. The molecule has 2 amide bonds. The Morgan fingerprint density at radius 3 is 2.35 bits per heavy atom. The van der Waals surface area contributed by atoms with Crippen molar-refractivity contribution in [3.8, 4) is 5.75 Å². The highest BCUT2D eigenvalue weighted by atomic mass is 35.5. The number of carbonyl (C=O) groups excluding carboxylic acids is 2. The van der Waals surface area contributed by atoms with E-state index < -0.39 is 0 Å². The van der Waals surface area contributed by atoms with Gasteiger partial charge in [-0.15, -0.1) is 0 Å². The molecule has 1 rings (SSSR count). The number of benzene rings is 1. The molecular weight excluding hydrogens is 280 g/mol. The fraction of sp³-hybridized carbons (Fsp3) is 0.429. The predicted molar refractivity (Wildman–Crippen MR) is 77.9 cm³/mol. The van der Waals surface area contributed by atoms with Crippen LogP contribution in [0.25, 0.3) is 0 Å². The van der Waals surface area contributed by atoms with E-state index in [1.165, 1.54) is 0 Å². The summed E-state index contributed by atoms with van der Waals surface area (Å²) in [6, 6.07) is 6.71. The Balaban J connectivity index is 2.30. The lowest BCUT2D eigenvalue weighted by atomic mass is 10.3. The van der Waals surface area contributed by atoms with Crippen molar-refractivity contribution in [2.75, 3.05) is 26.2 Å². The van der Waals surface area contributed by atoms with E-state index in [2.05, 4.69) is 5.32 Å². The van der Waals surface area contributed by atoms with Crippen LogP contribution < -0.4 is 10.1 Å². The van der Waals surface area contributed by atoms with Crippen LogP contribution in [0.3, 0.4) is 0 Å². The SMILES string of the molecule is CCN(CC)C(=O)CNC(=O)COc1ccc(Cl)cc1. The summed E-state index contributed by atoms with van der Waals surface area (Å²) in [4.78, 5) is 24.9. The maximum atomic E-state index is 11.7. The van der Waals surface area contributed by atoms with Gasteiger partial charge in [0.2, 0.25) is 5.91 Å². The number of rotatable bonds is 7. The van der Waals surface area contributed by atoms with Gasteiger partial charge in [0.1, 0.15) is 5.75 Å². The van der Waals surface area contributed by atoms with E-state index in [9.17, 15) is 9.59 Å². The molecular formula is C14H19ClN2O3. The van der Waals surface area contributed by atoms with Gasteiger partial charge in [0, 0.05) is 18.1 Å². The molecule has 0 bridgehead atoms. The smallest absolute Gasteiger partial charge is 0.258 e. The Morgan fingerprint density at radius 1 is 1.20 bits per heavy atom. The number of ether oxygens (including phenoxy) is 1. The zero-order valence-electron chi connectivity index (χ0n) is 11.7. The lowest BCUT2D eigenvalue weighted by Crippen LogP contribution is -2.41. The number of nitrogens with zero attached hydrogens (tertiary/aromatic N) is 1. The maximum Gasteiger partial charge on any atom is 0.258 e. The number of likely N-dealkylation sites (N-methyl/N-ethyl adjacent to an activating group) is 1. The monoisotopic (exact) mass is 298 g/mol. The Bertz CT molecular complexity index is 444. The fourth-order valence-corrected chi connectivity index (χ4v) is 1.72. The summed E-state index contributed by atoms with van der Waals surface area (Å²) in [5.41, 5.74) is 0. The van der Waals surface area contributed by atoms with E-state index in [1.54, 1.807) is 29.2 Å². The molecule has 1 aromatic carbocycles. The molecule has 0 aliphatic heterocycles. The third-order valence-corrected chi connectivity index (χ3v) is 2.99. The second-order valence-electron chi connectivity index (χ2n) is 4.09. The molecule has 0 atom stereocenters. The zero-order chi connectivity index (χ0) is 15.0. The molecule has 110 valence electrons. The van der Waals surface area contributed by atoms with E-state index in [1.807, 2.05) is 13.8 Å². The molecule has 6 heteroatoms. The second-order valence-corrected chi connectivity index (χ2v) is 4.52. The number of halogens is 1. The Hall–Kier alpha value is -1.75. The summed E-state index contributed by atoms with van der Waals surface area (Å²) >= 11 is 5.74. The van der Waals surface area contributed by atoms with Gasteiger partial charge in [-0.2, -0.15) is 0 Å². The van der Waals surface area contributed by atoms with Crippen LogP contribution in [0.4, 0.5) is 0 Å². The standard InChI is InChI=1S/C14H19ClN2O3/c1-3-17(4-2)14(19)9-16-13(18)10-20-12-7-5-11(15)6-8-12/h5-8H,3-4,9-10H2,1-2H3,(H,16,18). The summed E-state index contributed by atoms with van der Waals surface area (Å²) in [7, 11) is 0. The molecule has 0 aromatic heterocycles. The van der Waals surface area contributed by atoms with E-state index >= 15 is 0 Å². The fourth-order valence-electron chi connectivity index (χ4n) is 1.59. The van der Waals surface area contributed by atoms with Crippen molar-refractivity contribution in [2.24, 2.45) is 0 Å². The predicted octanol–water partition coefficient (Wildman–Crippen LogP) is 1.70. The molecule has 0 heterocycles. The first-order chi connectivity index (χ1) is 9.56. The average Bonchev–Trinajstić information content (AvgIpc) is 2.45. The minimum absolute atomic E-state index is 0.00943. The van der Waals surface area contributed by atoms with Crippen LogP contribution in [-0.4, -0.2) is 43.0 Å². The first-order valence-electron chi connectivity index (χ1n) is 6.49. The van der Waals surface area contributed by atoms with Gasteiger partial charge < -0.3 is 15.0 Å². The van der Waals surface area contributed by atoms with Gasteiger partial charge in [-0.1, -0.05) is 11.6 Å². The summed E-state index contributed by atoms with van der Waals surface area (Å²) in [6.07, 6.45) is 0. The van der Waals surface area contributed by atoms with E-state index in [0.717, 1.165) is 0 Å². The number of nitrogens with one attached hydrogen (secondary N) is 1. The molecule has 0 fully saturated rings. The van der Waals surface area contributed by atoms with Crippen LogP contribution in [0.5, 0.6) is 5.75 Å². The van der Waals surface area contributed by atoms with Crippen molar-refractivity contribution in [1.29, 1.82) is 0 Å². The topological polar surface area (TPSA) is 58.6 Å². The second kappa shape index (κ2) is 8.43. The third kappa shape index (κ3) is 5.48. The molecule has 0 saturated carbocycles. The minimum Gasteiger partial charge on any atom is -0.484 e. The van der Waals surface area contributed by atoms with Crippen molar-refractivity contribution in [3.63, 3.8) is 0 Å². The summed E-state index contributed by atoms with van der Waals surface area (Å²) in [5.74, 6) is 0.120. The lowest BCUT2D eigenvalue weighted by molar-refractivity contribution is -0.133. The largest absolute Gasteiger partial charge is 0.484 e. The highest BCUT2D eigenvalue weighted by Gasteiger charge is 2.11. The van der Waals surface area contributed by atoms with Crippen molar-refractivity contribution in [3.05, 3.63) is 29.3 Å². The van der Waals surface area contributed by atoms with E-state index in [-0.39, 0.29) is 25.0 Å². The van der Waals surface area contributed by atoms with Crippen LogP contribution in [0, 0.1) is 0 Å². The number of hydrogen-bond acceptors (Lipinski definition) is 3. The van der Waals surface area contributed by atoms with Gasteiger partial charge in [0.25, 0.3) is 5.91 Å². The number of carbonyl (C=O) groups is 2. The van der Waals surface area contributed by atoms with E-state index in [0.29, 0.717) is 23.9 Å². The summed E-state index contributed by atoms with van der Waals surface area (Å²) in [6.45, 7) is 4.91.